The number of carbonyl (C=O) groups is 3. The molecule has 12 aliphatic carbocycles. The van der Waals surface area contributed by atoms with E-state index in [0.717, 1.165) is 51.4 Å². The summed E-state index contributed by atoms with van der Waals surface area (Å²) in [7, 11) is 0. The van der Waals surface area contributed by atoms with Gasteiger partial charge in [-0.05, 0) is 151 Å². The van der Waals surface area contributed by atoms with E-state index >= 15 is 0 Å². The maximum absolute atomic E-state index is 14.5. The summed E-state index contributed by atoms with van der Waals surface area (Å²) < 4.78 is 64.6. The normalized spacial score (nSPS) is 49.8. The molecule has 1 saturated heterocycles. The molecule has 13 aliphatic rings. The lowest BCUT2D eigenvalue weighted by Crippen LogP contribution is -2.69. The lowest BCUT2D eigenvalue weighted by molar-refractivity contribution is -0.433. The van der Waals surface area contributed by atoms with Crippen LogP contribution in [-0.2, 0) is 47.4 Å². The van der Waals surface area contributed by atoms with E-state index in [1.165, 1.54) is 38.5 Å². The highest BCUT2D eigenvalue weighted by Crippen LogP contribution is 2.65. The zero-order valence-electron chi connectivity index (χ0n) is 30.2. The fraction of sp³-hybridized carbons (Fsp3) is 0.923. The summed E-state index contributed by atoms with van der Waals surface area (Å²) in [6.45, 7) is 0.382. The van der Waals surface area contributed by atoms with E-state index < -0.39 is 50.9 Å². The second-order valence-electron chi connectivity index (χ2n) is 20.0. The van der Waals surface area contributed by atoms with Gasteiger partial charge in [-0.3, -0.25) is 9.59 Å². The van der Waals surface area contributed by atoms with Gasteiger partial charge in [-0.2, -0.15) is 8.78 Å². The number of rotatable bonds is 11. The predicted octanol–water partition coefficient (Wildman–Crippen LogP) is 7.02. The number of hydrogen-bond donors (Lipinski definition) is 1. The summed E-state index contributed by atoms with van der Waals surface area (Å²) in [6, 6.07) is 0. The summed E-state index contributed by atoms with van der Waals surface area (Å²) in [6.07, 6.45) is 15.3. The molecular weight excluding hydrogens is 714 g/mol. The van der Waals surface area contributed by atoms with E-state index in [0.29, 0.717) is 54.8 Å². The Morgan fingerprint density at radius 3 is 1.47 bits per heavy atom. The van der Waals surface area contributed by atoms with Crippen LogP contribution in [0.3, 0.4) is 0 Å². The molecule has 1 aliphatic heterocycles. The summed E-state index contributed by atoms with van der Waals surface area (Å²) in [4.78, 5) is 40.7. The molecule has 0 aromatic carbocycles. The van der Waals surface area contributed by atoms with Crippen LogP contribution < -0.4 is 0 Å². The minimum atomic E-state index is -4.08. The van der Waals surface area contributed by atoms with Gasteiger partial charge in [0, 0.05) is 11.8 Å². The molecule has 0 aromatic heterocycles. The third-order valence-electron chi connectivity index (χ3n) is 16.2. The molecule has 13 fully saturated rings. The van der Waals surface area contributed by atoms with E-state index in [4.69, 9.17) is 28.9 Å². The molecule has 0 aromatic rings. The van der Waals surface area contributed by atoms with Gasteiger partial charge >= 0.3 is 23.2 Å². The highest BCUT2D eigenvalue weighted by molar-refractivity contribution is 7.96. The van der Waals surface area contributed by atoms with Gasteiger partial charge in [0.2, 0.25) is 0 Å². The van der Waals surface area contributed by atoms with Crippen LogP contribution in [0.15, 0.2) is 0 Å². The monoisotopic (exact) mass is 766 g/mol. The van der Waals surface area contributed by atoms with E-state index in [-0.39, 0.29) is 56.1 Å². The first-order valence-corrected chi connectivity index (χ1v) is 21.0. The molecule has 1 heterocycles. The van der Waals surface area contributed by atoms with Crippen molar-refractivity contribution in [3.8, 4) is 0 Å². The third-order valence-corrected chi connectivity index (χ3v) is 16.7. The smallest absolute Gasteiger partial charge is 0.415 e. The van der Waals surface area contributed by atoms with Crippen LogP contribution >= 0.6 is 12.0 Å². The minimum absolute atomic E-state index is 0.0315. The van der Waals surface area contributed by atoms with Gasteiger partial charge in [-0.15, -0.1) is 4.33 Å². The molecule has 2 atom stereocenters. The zero-order valence-corrected chi connectivity index (χ0v) is 31.1. The molecule has 53 heavy (non-hydrogen) atoms. The van der Waals surface area contributed by atoms with Gasteiger partial charge in [0.1, 0.15) is 30.9 Å². The van der Waals surface area contributed by atoms with Gasteiger partial charge < -0.3 is 23.7 Å². The topological polar surface area (TPSA) is 136 Å². The van der Waals surface area contributed by atoms with Crippen LogP contribution in [0.1, 0.15) is 109 Å². The predicted molar refractivity (Wildman–Crippen MR) is 180 cm³/mol. The molecule has 294 valence electrons. The maximum Gasteiger partial charge on any atom is 0.415 e. The van der Waals surface area contributed by atoms with E-state index in [9.17, 15) is 23.2 Å². The standard InChI is InChI=1S/C39H52F2O11S/c40-39(41,53-52-51-45)33(44)50-37-15-28-7-29(16-37)38(30(8-28)17-37)48-20-34(21-49-38,18-46-31(42)35-9-22-1-23(10-35)3-24(2-22)11-35)19-47-32(43)36-12-25-4-26(13-36)6-27(5-25)14-36/h22-30,45H,1-21H2. The Morgan fingerprint density at radius 2 is 1.06 bits per heavy atom. The number of ether oxygens (including phenoxy) is 5. The van der Waals surface area contributed by atoms with E-state index in [1.54, 1.807) is 0 Å². The fourth-order valence-corrected chi connectivity index (χ4v) is 15.3. The van der Waals surface area contributed by atoms with Crippen molar-refractivity contribution in [3.63, 3.8) is 0 Å². The number of halogens is 2. The quantitative estimate of drug-likeness (QED) is 0.0761. The van der Waals surface area contributed by atoms with Crippen molar-refractivity contribution >= 4 is 30.0 Å². The molecule has 1 N–H and O–H groups in total. The van der Waals surface area contributed by atoms with E-state index in [2.05, 4.69) is 9.37 Å². The van der Waals surface area contributed by atoms with Crippen LogP contribution in [-0.4, -0.2) is 66.2 Å². The molecule has 0 amide bonds. The van der Waals surface area contributed by atoms with Crippen LogP contribution in [0.25, 0.3) is 0 Å². The molecule has 2 unspecified atom stereocenters. The first-order chi connectivity index (χ1) is 25.3. The Hall–Kier alpha value is -1.58. The van der Waals surface area contributed by atoms with Gasteiger partial charge in [0.25, 0.3) is 0 Å². The van der Waals surface area contributed by atoms with Gasteiger partial charge in [-0.25, -0.2) is 10.1 Å². The minimum Gasteiger partial charge on any atom is -0.464 e. The molecule has 0 radical (unpaired) electrons. The van der Waals surface area contributed by atoms with Crippen LogP contribution in [0.4, 0.5) is 8.78 Å². The summed E-state index contributed by atoms with van der Waals surface area (Å²) >= 11 is -0.620. The summed E-state index contributed by atoms with van der Waals surface area (Å²) in [5.74, 6) is 0.299. The molecule has 11 nitrogen and oxygen atoms in total. The summed E-state index contributed by atoms with van der Waals surface area (Å²) in [5, 5.41) is 7.51. The zero-order chi connectivity index (χ0) is 36.4. The number of carbonyl (C=O) groups excluding carboxylic acids is 3. The summed E-state index contributed by atoms with van der Waals surface area (Å²) in [5.41, 5.74) is -2.84. The van der Waals surface area contributed by atoms with Gasteiger partial charge in [0.05, 0.1) is 29.5 Å². The van der Waals surface area contributed by atoms with Crippen molar-refractivity contribution in [2.24, 2.45) is 69.5 Å². The van der Waals surface area contributed by atoms with Crippen LogP contribution in [0, 0.1) is 69.5 Å². The van der Waals surface area contributed by atoms with Crippen molar-refractivity contribution in [3.05, 3.63) is 0 Å². The van der Waals surface area contributed by atoms with Crippen molar-refractivity contribution < 1.29 is 61.5 Å². The third kappa shape index (κ3) is 5.91. The lowest BCUT2D eigenvalue weighted by Gasteiger charge is -2.65. The first kappa shape index (κ1) is 35.8. The van der Waals surface area contributed by atoms with Crippen molar-refractivity contribution in [1.82, 2.24) is 0 Å². The second-order valence-corrected chi connectivity index (χ2v) is 20.8. The number of hydrogen-bond acceptors (Lipinski definition) is 12. The average Bonchev–Trinajstić information content (AvgIpc) is 3.10. The van der Waals surface area contributed by atoms with E-state index in [1.807, 2.05) is 0 Å². The SMILES string of the molecule is O=C(OCC1(COC(=O)C23CC4CC(CC(C4)C2)C3)COC2(OC1)C1CC3CC2CC(OC(=O)C(F)(F)SOOO)(C3)C1)C12CC3CC(CC(C3)C1)C2. The Labute approximate surface area is 312 Å². The Balaban J connectivity index is 0.854. The Kier molecular flexibility index (Phi) is 8.42. The van der Waals surface area contributed by atoms with Crippen LogP contribution in [0.5, 0.6) is 0 Å². The largest absolute Gasteiger partial charge is 0.464 e. The first-order valence-electron chi connectivity index (χ1n) is 20.2. The maximum atomic E-state index is 14.5. The lowest BCUT2D eigenvalue weighted by atomic mass is 9.49. The van der Waals surface area contributed by atoms with Crippen molar-refractivity contribution in [2.45, 2.75) is 126 Å². The van der Waals surface area contributed by atoms with Crippen LogP contribution in [0.2, 0.25) is 0 Å². The number of esters is 3. The Morgan fingerprint density at radius 1 is 0.642 bits per heavy atom. The van der Waals surface area contributed by atoms with Gasteiger partial charge in [-0.1, -0.05) is 5.04 Å². The van der Waals surface area contributed by atoms with Crippen molar-refractivity contribution in [1.29, 1.82) is 0 Å². The highest BCUT2D eigenvalue weighted by atomic mass is 32.2. The average molecular weight is 767 g/mol. The molecule has 12 bridgehead atoms. The molecular formula is C39H52F2O11S. The van der Waals surface area contributed by atoms with Gasteiger partial charge in [0.15, 0.2) is 5.79 Å². The fourth-order valence-electron chi connectivity index (χ4n) is 15.1. The second kappa shape index (κ2) is 12.5. The number of alkyl halides is 2. The molecule has 14 heteroatoms. The van der Waals surface area contributed by atoms with Crippen molar-refractivity contribution in [2.75, 3.05) is 26.4 Å². The Bertz CT molecular complexity index is 1360. The molecule has 1 spiro atoms. The highest BCUT2D eigenvalue weighted by Gasteiger charge is 2.68. The molecule has 12 saturated carbocycles. The molecule has 13 rings (SSSR count).